The van der Waals surface area contributed by atoms with Crippen molar-refractivity contribution in [2.24, 2.45) is 0 Å². The van der Waals surface area contributed by atoms with Crippen molar-refractivity contribution < 1.29 is 24.1 Å². The molecule has 0 aromatic carbocycles. The average molecular weight is 832 g/mol. The second-order valence-corrected chi connectivity index (χ2v) is 18.7. The Bertz CT molecular complexity index is 828. The van der Waals surface area contributed by atoms with E-state index in [1.54, 1.807) is 0 Å². The summed E-state index contributed by atoms with van der Waals surface area (Å²) in [5, 5.41) is 15.8. The first-order valence-electron chi connectivity index (χ1n) is 25.0. The minimum absolute atomic E-state index is 0.181. The van der Waals surface area contributed by atoms with Gasteiger partial charge in [-0.1, -0.05) is 194 Å². The van der Waals surface area contributed by atoms with E-state index in [0.717, 1.165) is 56.3 Å². The number of carbonyl (C=O) groups is 2. The van der Waals surface area contributed by atoms with Crippen LogP contribution >= 0.6 is 11.6 Å². The number of aliphatic hydroxyl groups excluding tert-OH is 1. The molecular weight excluding hydrogens is 728 g/mol. The molecule has 0 fully saturated rings. The van der Waals surface area contributed by atoms with Crippen molar-refractivity contribution in [2.75, 3.05) is 66.8 Å². The normalized spacial score (nSPS) is 12.1. The molecule has 0 aliphatic heterocycles. The monoisotopic (exact) mass is 831 g/mol. The van der Waals surface area contributed by atoms with E-state index in [0.29, 0.717) is 19.4 Å². The van der Waals surface area contributed by atoms with Gasteiger partial charge in [0.2, 0.25) is 11.8 Å². The van der Waals surface area contributed by atoms with Gasteiger partial charge in [-0.2, -0.15) is 0 Å². The molecule has 0 aromatic rings. The minimum atomic E-state index is -0.462. The van der Waals surface area contributed by atoms with Crippen LogP contribution in [0.4, 0.5) is 0 Å². The van der Waals surface area contributed by atoms with E-state index in [1.807, 2.05) is 0 Å². The molecule has 0 aromatic heterocycles. The lowest BCUT2D eigenvalue weighted by molar-refractivity contribution is -0.893. The maximum absolute atomic E-state index is 12.0. The van der Waals surface area contributed by atoms with E-state index in [9.17, 15) is 14.7 Å². The Morgan fingerprint density at radius 3 is 1.11 bits per heavy atom. The lowest BCUT2D eigenvalue weighted by atomic mass is 10.0. The lowest BCUT2D eigenvalue weighted by Crippen LogP contribution is -3.05. The lowest BCUT2D eigenvalue weighted by Gasteiger charge is -2.31. The van der Waals surface area contributed by atoms with Gasteiger partial charge in [0.05, 0.1) is 47.2 Å². The van der Waals surface area contributed by atoms with Crippen LogP contribution in [0.15, 0.2) is 0 Å². The molecule has 0 aliphatic carbocycles. The molecule has 0 saturated heterocycles. The molecule has 0 saturated carbocycles. The second-order valence-electron chi connectivity index (χ2n) is 18.4. The topological polar surface area (TPSA) is 82.9 Å². The standard InChI is InChI=1S/C26H53ClN2O2.C23H48N2O/c1-4-5-6-7-8-9-10-11-12-13-14-15-16-17-18-20-26(31)28-21-19-22-29(2,3)24-25(30)23-27;1-4-5-6-7-8-9-10-11-12-13-14-15-16-17-18-20-23(26)24-21-19-22-25(2)3/h25,30H,4-24H2,1-3H3;4-22H2,1-3H3,(H,24,26)/p+2. The second kappa shape index (κ2) is 46.2. The number of unbranched alkanes of at least 4 members (excludes halogenated alkanes) is 28. The van der Waals surface area contributed by atoms with Crippen LogP contribution < -0.4 is 15.5 Å². The number of nitrogens with zero attached hydrogens (tertiary/aromatic N) is 1. The zero-order valence-electron chi connectivity index (χ0n) is 39.5. The number of hydrogen-bond donors (Lipinski definition) is 4. The Labute approximate surface area is 362 Å². The van der Waals surface area contributed by atoms with E-state index < -0.39 is 6.10 Å². The average Bonchev–Trinajstić information content (AvgIpc) is 3.18. The fourth-order valence-electron chi connectivity index (χ4n) is 7.61. The SMILES string of the molecule is CCCCCCCCCCCCCCCCCC(=O)NCCC[N+](C)(C)CC(O)CCl.CCCCCCCCCCCCCCCCCC(=O)NCCC[NH+](C)C. The Morgan fingerprint density at radius 1 is 0.509 bits per heavy atom. The number of aliphatic hydroxyl groups is 1. The summed E-state index contributed by atoms with van der Waals surface area (Å²) in [5.74, 6) is 0.701. The molecule has 57 heavy (non-hydrogen) atoms. The summed E-state index contributed by atoms with van der Waals surface area (Å²) < 4.78 is 0.725. The van der Waals surface area contributed by atoms with Gasteiger partial charge in [-0.15, -0.1) is 11.6 Å². The van der Waals surface area contributed by atoms with Crippen molar-refractivity contribution in [3.63, 3.8) is 0 Å². The van der Waals surface area contributed by atoms with Crippen LogP contribution in [-0.4, -0.2) is 94.3 Å². The third-order valence-electron chi connectivity index (χ3n) is 11.3. The Kier molecular flexibility index (Phi) is 47.2. The van der Waals surface area contributed by atoms with Gasteiger partial charge in [0.25, 0.3) is 0 Å². The highest BCUT2D eigenvalue weighted by molar-refractivity contribution is 6.18. The first kappa shape index (κ1) is 58.2. The van der Waals surface area contributed by atoms with E-state index in [1.165, 1.54) is 185 Å². The van der Waals surface area contributed by atoms with Gasteiger partial charge in [-0.25, -0.2) is 0 Å². The highest BCUT2D eigenvalue weighted by atomic mass is 35.5. The first-order valence-corrected chi connectivity index (χ1v) is 25.5. The molecule has 0 aliphatic rings. The molecular formula is C49H103ClN4O3+2. The number of quaternary nitrogens is 2. The van der Waals surface area contributed by atoms with Crippen molar-refractivity contribution in [2.45, 2.75) is 238 Å². The highest BCUT2D eigenvalue weighted by Crippen LogP contribution is 2.15. The fraction of sp³-hybridized carbons (Fsp3) is 0.959. The predicted molar refractivity (Wildman–Crippen MR) is 251 cm³/mol. The van der Waals surface area contributed by atoms with Crippen LogP contribution in [-0.2, 0) is 9.59 Å². The smallest absolute Gasteiger partial charge is 0.219 e. The van der Waals surface area contributed by atoms with Crippen LogP contribution in [0.25, 0.3) is 0 Å². The number of hydrogen-bond acceptors (Lipinski definition) is 3. The molecule has 0 spiro atoms. The third-order valence-corrected chi connectivity index (χ3v) is 11.7. The van der Waals surface area contributed by atoms with Crippen LogP contribution in [0.3, 0.4) is 0 Å². The molecule has 0 bridgehead atoms. The van der Waals surface area contributed by atoms with Gasteiger partial charge in [0, 0.05) is 38.8 Å². The van der Waals surface area contributed by atoms with Crippen LogP contribution in [0.1, 0.15) is 232 Å². The fourth-order valence-corrected chi connectivity index (χ4v) is 7.70. The van der Waals surface area contributed by atoms with Gasteiger partial charge in [0.15, 0.2) is 0 Å². The number of alkyl halides is 1. The van der Waals surface area contributed by atoms with Crippen molar-refractivity contribution in [1.82, 2.24) is 10.6 Å². The van der Waals surface area contributed by atoms with E-state index >= 15 is 0 Å². The molecule has 1 unspecified atom stereocenters. The van der Waals surface area contributed by atoms with Gasteiger partial charge in [0.1, 0.15) is 12.6 Å². The van der Waals surface area contributed by atoms with Gasteiger partial charge < -0.3 is 25.1 Å². The first-order chi connectivity index (χ1) is 27.6. The summed E-state index contributed by atoms with van der Waals surface area (Å²) in [7, 11) is 8.48. The molecule has 4 N–H and O–H groups in total. The van der Waals surface area contributed by atoms with Gasteiger partial charge in [-0.3, -0.25) is 9.59 Å². The highest BCUT2D eigenvalue weighted by Gasteiger charge is 2.19. The van der Waals surface area contributed by atoms with Crippen molar-refractivity contribution in [1.29, 1.82) is 0 Å². The number of carbonyl (C=O) groups excluding carboxylic acids is 2. The Balaban J connectivity index is 0. The zero-order chi connectivity index (χ0) is 42.5. The molecule has 8 heteroatoms. The molecule has 0 radical (unpaired) electrons. The van der Waals surface area contributed by atoms with Crippen molar-refractivity contribution in [3.05, 3.63) is 0 Å². The number of halogens is 1. The largest absolute Gasteiger partial charge is 0.386 e. The van der Waals surface area contributed by atoms with Crippen molar-refractivity contribution in [3.8, 4) is 0 Å². The van der Waals surface area contributed by atoms with Gasteiger partial charge in [-0.05, 0) is 12.8 Å². The van der Waals surface area contributed by atoms with Crippen LogP contribution in [0.2, 0.25) is 0 Å². The Morgan fingerprint density at radius 2 is 0.807 bits per heavy atom. The van der Waals surface area contributed by atoms with Gasteiger partial charge >= 0.3 is 0 Å². The summed E-state index contributed by atoms with van der Waals surface area (Å²) in [4.78, 5) is 25.1. The third kappa shape index (κ3) is 51.2. The maximum Gasteiger partial charge on any atom is 0.219 e. The molecule has 2 amide bonds. The Hall–Kier alpha value is -0.890. The van der Waals surface area contributed by atoms with Crippen molar-refractivity contribution >= 4 is 23.4 Å². The molecule has 0 heterocycles. The summed E-state index contributed by atoms with van der Waals surface area (Å²) in [6.07, 6.45) is 43.7. The zero-order valence-corrected chi connectivity index (χ0v) is 40.2. The predicted octanol–water partition coefficient (Wildman–Crippen LogP) is 11.3. The van der Waals surface area contributed by atoms with E-state index in [2.05, 4.69) is 52.7 Å². The number of amides is 2. The molecule has 7 nitrogen and oxygen atoms in total. The maximum atomic E-state index is 12.0. The van der Waals surface area contributed by atoms with Crippen LogP contribution in [0, 0.1) is 0 Å². The molecule has 1 atom stereocenters. The van der Waals surface area contributed by atoms with E-state index in [4.69, 9.17) is 11.6 Å². The summed E-state index contributed by atoms with van der Waals surface area (Å²) >= 11 is 5.68. The summed E-state index contributed by atoms with van der Waals surface area (Å²) in [6, 6.07) is 0. The quantitative estimate of drug-likeness (QED) is 0.0281. The number of likely N-dealkylation sites (N-methyl/N-ethyl adjacent to an activating group) is 1. The number of rotatable bonds is 43. The minimum Gasteiger partial charge on any atom is -0.386 e. The molecule has 342 valence electrons. The summed E-state index contributed by atoms with van der Waals surface area (Å²) in [6.45, 7) is 8.81. The molecule has 0 rings (SSSR count). The van der Waals surface area contributed by atoms with E-state index in [-0.39, 0.29) is 17.7 Å². The summed E-state index contributed by atoms with van der Waals surface area (Å²) in [5.41, 5.74) is 0. The number of nitrogens with one attached hydrogen (secondary N) is 3. The van der Waals surface area contributed by atoms with Crippen LogP contribution in [0.5, 0.6) is 0 Å².